The normalized spacial score (nSPS) is 11.9. The molecule has 3 aromatic rings. The van der Waals surface area contributed by atoms with Gasteiger partial charge in [-0.3, -0.25) is 0 Å². The molecule has 0 aliphatic carbocycles. The van der Waals surface area contributed by atoms with E-state index in [0.29, 0.717) is 0 Å². The molecule has 0 radical (unpaired) electrons. The summed E-state index contributed by atoms with van der Waals surface area (Å²) >= 11 is 0. The quantitative estimate of drug-likeness (QED) is 0.688. The van der Waals surface area contributed by atoms with Crippen LogP contribution in [0.4, 0.5) is 5.69 Å². The van der Waals surface area contributed by atoms with Gasteiger partial charge in [-0.15, -0.1) is 0 Å². The van der Waals surface area contributed by atoms with Crippen LogP contribution in [-0.2, 0) is 5.41 Å². The number of rotatable bonds is 1. The maximum atomic E-state index is 5.71. The second-order valence-electron chi connectivity index (χ2n) is 6.05. The Morgan fingerprint density at radius 3 is 2.40 bits per heavy atom. The van der Waals surface area contributed by atoms with E-state index in [9.17, 15) is 0 Å². The number of fused-ring (bicyclic) bond motifs is 1. The fourth-order valence-electron chi connectivity index (χ4n) is 2.07. The van der Waals surface area contributed by atoms with E-state index in [0.717, 1.165) is 28.2 Å². The molecular weight excluding hydrogens is 248 g/mol. The lowest BCUT2D eigenvalue weighted by Gasteiger charge is -2.13. The molecule has 0 fully saturated rings. The van der Waals surface area contributed by atoms with Gasteiger partial charge < -0.3 is 5.73 Å². The topological polar surface area (TPSA) is 56.2 Å². The number of hydrogen-bond donors (Lipinski definition) is 1. The number of hydrogen-bond acceptors (Lipinski definition) is 3. The van der Waals surface area contributed by atoms with E-state index >= 15 is 0 Å². The SMILES string of the molecule is CC(C)(C)c1cc2ncc(-c3ccc(N)cc3)cn2n1. The highest BCUT2D eigenvalue weighted by Crippen LogP contribution is 2.24. The lowest BCUT2D eigenvalue weighted by atomic mass is 9.93. The molecule has 1 aromatic carbocycles. The highest BCUT2D eigenvalue weighted by Gasteiger charge is 2.18. The molecule has 0 saturated heterocycles. The molecule has 20 heavy (non-hydrogen) atoms. The van der Waals surface area contributed by atoms with Crippen LogP contribution in [0.2, 0.25) is 0 Å². The Labute approximate surface area is 118 Å². The summed E-state index contributed by atoms with van der Waals surface area (Å²) in [5.74, 6) is 0. The van der Waals surface area contributed by atoms with Crippen LogP contribution in [0.25, 0.3) is 16.8 Å². The summed E-state index contributed by atoms with van der Waals surface area (Å²) in [7, 11) is 0. The first-order chi connectivity index (χ1) is 9.43. The van der Waals surface area contributed by atoms with Gasteiger partial charge >= 0.3 is 0 Å². The maximum absolute atomic E-state index is 5.71. The van der Waals surface area contributed by atoms with Gasteiger partial charge in [0.15, 0.2) is 5.65 Å². The summed E-state index contributed by atoms with van der Waals surface area (Å²) in [4.78, 5) is 4.48. The average molecular weight is 266 g/mol. The molecule has 2 N–H and O–H groups in total. The molecule has 4 nitrogen and oxygen atoms in total. The Hall–Kier alpha value is -2.36. The van der Waals surface area contributed by atoms with Crippen molar-refractivity contribution in [2.75, 3.05) is 5.73 Å². The number of nitrogens with zero attached hydrogens (tertiary/aromatic N) is 3. The summed E-state index contributed by atoms with van der Waals surface area (Å²) < 4.78 is 1.84. The van der Waals surface area contributed by atoms with Crippen molar-refractivity contribution in [2.45, 2.75) is 26.2 Å². The van der Waals surface area contributed by atoms with Gasteiger partial charge in [0.1, 0.15) is 0 Å². The largest absolute Gasteiger partial charge is 0.399 e. The highest BCUT2D eigenvalue weighted by atomic mass is 15.2. The summed E-state index contributed by atoms with van der Waals surface area (Å²) in [6.45, 7) is 6.45. The summed E-state index contributed by atoms with van der Waals surface area (Å²) in [6.07, 6.45) is 3.87. The molecule has 0 aliphatic heterocycles. The molecule has 2 heterocycles. The van der Waals surface area contributed by atoms with Crippen molar-refractivity contribution in [1.82, 2.24) is 14.6 Å². The minimum Gasteiger partial charge on any atom is -0.399 e. The fraction of sp³-hybridized carbons (Fsp3) is 0.250. The van der Waals surface area contributed by atoms with E-state index in [4.69, 9.17) is 5.73 Å². The lowest BCUT2D eigenvalue weighted by Crippen LogP contribution is -2.11. The van der Waals surface area contributed by atoms with Crippen molar-refractivity contribution in [2.24, 2.45) is 0 Å². The molecule has 0 unspecified atom stereocenters. The van der Waals surface area contributed by atoms with E-state index in [1.165, 1.54) is 0 Å². The molecule has 102 valence electrons. The molecule has 3 rings (SSSR count). The first-order valence-corrected chi connectivity index (χ1v) is 6.65. The van der Waals surface area contributed by atoms with Crippen LogP contribution in [0.15, 0.2) is 42.7 Å². The van der Waals surface area contributed by atoms with E-state index in [-0.39, 0.29) is 5.41 Å². The first-order valence-electron chi connectivity index (χ1n) is 6.65. The summed E-state index contributed by atoms with van der Waals surface area (Å²) in [6, 6.07) is 9.80. The van der Waals surface area contributed by atoms with E-state index in [1.54, 1.807) is 0 Å². The molecule has 0 amide bonds. The zero-order chi connectivity index (χ0) is 14.3. The standard InChI is InChI=1S/C16H18N4/c1-16(2,3)14-8-15-18-9-12(10-20(15)19-14)11-4-6-13(17)7-5-11/h4-10H,17H2,1-3H3. The second-order valence-corrected chi connectivity index (χ2v) is 6.05. The predicted octanol–water partition coefficient (Wildman–Crippen LogP) is 3.28. The van der Waals surface area contributed by atoms with Gasteiger partial charge in [0.2, 0.25) is 0 Å². The minimum absolute atomic E-state index is 0.0229. The molecule has 0 spiro atoms. The average Bonchev–Trinajstić information content (AvgIpc) is 2.82. The Balaban J connectivity index is 2.08. The van der Waals surface area contributed by atoms with Gasteiger partial charge in [-0.2, -0.15) is 5.10 Å². The van der Waals surface area contributed by atoms with Crippen molar-refractivity contribution in [3.05, 3.63) is 48.4 Å². The van der Waals surface area contributed by atoms with Gasteiger partial charge in [0, 0.05) is 35.1 Å². The van der Waals surface area contributed by atoms with Crippen LogP contribution in [0.3, 0.4) is 0 Å². The maximum Gasteiger partial charge on any atom is 0.155 e. The van der Waals surface area contributed by atoms with Gasteiger partial charge in [-0.25, -0.2) is 9.50 Å². The van der Waals surface area contributed by atoms with Crippen molar-refractivity contribution in [1.29, 1.82) is 0 Å². The van der Waals surface area contributed by atoms with Crippen molar-refractivity contribution in [3.8, 4) is 11.1 Å². The molecular formula is C16H18N4. The summed E-state index contributed by atoms with van der Waals surface area (Å²) in [5, 5.41) is 4.62. The monoisotopic (exact) mass is 266 g/mol. The number of nitrogens with two attached hydrogens (primary N) is 1. The minimum atomic E-state index is 0.0229. The zero-order valence-electron chi connectivity index (χ0n) is 12.0. The second kappa shape index (κ2) is 4.34. The Bertz CT molecular complexity index is 748. The van der Waals surface area contributed by atoms with Crippen molar-refractivity contribution >= 4 is 11.3 Å². The molecule has 0 atom stereocenters. The molecule has 0 saturated carbocycles. The Kier molecular flexibility index (Phi) is 2.74. The van der Waals surface area contributed by atoms with E-state index in [2.05, 4.69) is 30.9 Å². The van der Waals surface area contributed by atoms with Gasteiger partial charge in [0.25, 0.3) is 0 Å². The van der Waals surface area contributed by atoms with Crippen molar-refractivity contribution in [3.63, 3.8) is 0 Å². The van der Waals surface area contributed by atoms with Crippen LogP contribution >= 0.6 is 0 Å². The smallest absolute Gasteiger partial charge is 0.155 e. The fourth-order valence-corrected chi connectivity index (χ4v) is 2.07. The Morgan fingerprint density at radius 2 is 1.75 bits per heavy atom. The number of benzene rings is 1. The lowest BCUT2D eigenvalue weighted by molar-refractivity contribution is 0.562. The first kappa shape index (κ1) is 12.7. The van der Waals surface area contributed by atoms with Gasteiger partial charge in [-0.1, -0.05) is 32.9 Å². The molecule has 0 bridgehead atoms. The Morgan fingerprint density at radius 1 is 1.05 bits per heavy atom. The van der Waals surface area contributed by atoms with Crippen molar-refractivity contribution < 1.29 is 0 Å². The predicted molar refractivity (Wildman–Crippen MR) is 81.5 cm³/mol. The van der Waals surface area contributed by atoms with Gasteiger partial charge in [-0.05, 0) is 17.7 Å². The third kappa shape index (κ3) is 2.25. The number of nitrogen functional groups attached to an aromatic ring is 1. The third-order valence-electron chi connectivity index (χ3n) is 3.33. The van der Waals surface area contributed by atoms with E-state index < -0.39 is 0 Å². The van der Waals surface area contributed by atoms with Crippen LogP contribution in [0, 0.1) is 0 Å². The van der Waals surface area contributed by atoms with Crippen LogP contribution in [0.5, 0.6) is 0 Å². The highest BCUT2D eigenvalue weighted by molar-refractivity contribution is 5.65. The zero-order valence-corrected chi connectivity index (χ0v) is 12.0. The van der Waals surface area contributed by atoms with Gasteiger partial charge in [0.05, 0.1) is 5.69 Å². The van der Waals surface area contributed by atoms with Crippen LogP contribution < -0.4 is 5.73 Å². The molecule has 2 aromatic heterocycles. The van der Waals surface area contributed by atoms with E-state index in [1.807, 2.05) is 47.2 Å². The number of anilines is 1. The third-order valence-corrected chi connectivity index (χ3v) is 3.33. The number of aromatic nitrogens is 3. The molecule has 4 heteroatoms. The van der Waals surface area contributed by atoms with Crippen LogP contribution in [0.1, 0.15) is 26.5 Å². The van der Waals surface area contributed by atoms with Crippen LogP contribution in [-0.4, -0.2) is 14.6 Å². The molecule has 0 aliphatic rings. The summed E-state index contributed by atoms with van der Waals surface area (Å²) in [5.41, 5.74) is 10.5.